The van der Waals surface area contributed by atoms with E-state index in [1.165, 1.54) is 36.8 Å². The predicted octanol–water partition coefficient (Wildman–Crippen LogP) is 4.31. The Morgan fingerprint density at radius 1 is 1.29 bits per heavy atom. The van der Waals surface area contributed by atoms with Crippen LogP contribution in [0.2, 0.25) is 0 Å². The zero-order chi connectivity index (χ0) is 23.2. The van der Waals surface area contributed by atoms with E-state index < -0.39 is 23.4 Å². The lowest BCUT2D eigenvalue weighted by Gasteiger charge is -2.20. The van der Waals surface area contributed by atoms with Crippen LogP contribution < -0.4 is 5.32 Å². The van der Waals surface area contributed by atoms with Gasteiger partial charge in [0.15, 0.2) is 5.83 Å². The number of benzene rings is 1. The Bertz CT molecular complexity index is 1070. The summed E-state index contributed by atoms with van der Waals surface area (Å²) in [5.74, 6) is -2.14. The van der Waals surface area contributed by atoms with Gasteiger partial charge in [-0.25, -0.2) is 14.2 Å². The summed E-state index contributed by atoms with van der Waals surface area (Å²) in [7, 11) is 3.58. The molecule has 0 unspecified atom stereocenters. The number of carbonyl (C=O) groups is 2. The molecule has 0 aliphatic carbocycles. The van der Waals surface area contributed by atoms with Crippen LogP contribution in [0.1, 0.15) is 32.0 Å². The van der Waals surface area contributed by atoms with E-state index in [-0.39, 0.29) is 16.9 Å². The first kappa shape index (κ1) is 23.3. The minimum Gasteiger partial charge on any atom is -0.443 e. The Kier molecular flexibility index (Phi) is 7.32. The topological polar surface area (TPSA) is 99.7 Å². The standard InChI is InChI=1S/C22H24FN5O3/c1-22(2,3)31-21(30)28-10-6-7-17(28)12-18(23)20(29)26-16-8-9-19(15(11-16)13-24)25-14-27(4)5/h6-12,14H,1-5H3,(H,26,29)/b18-12-,25-14+. The van der Waals surface area contributed by atoms with Crippen LogP contribution in [0.15, 0.2) is 47.3 Å². The number of ether oxygens (including phenoxy) is 1. The van der Waals surface area contributed by atoms with Crippen molar-refractivity contribution in [1.82, 2.24) is 9.47 Å². The second-order valence-electron chi connectivity index (χ2n) is 7.78. The maximum absolute atomic E-state index is 14.5. The van der Waals surface area contributed by atoms with E-state index in [0.29, 0.717) is 5.69 Å². The molecule has 9 heteroatoms. The molecule has 1 aromatic heterocycles. The van der Waals surface area contributed by atoms with Crippen LogP contribution in [-0.2, 0) is 9.53 Å². The second-order valence-corrected chi connectivity index (χ2v) is 7.78. The second kappa shape index (κ2) is 9.71. The average molecular weight is 425 g/mol. The van der Waals surface area contributed by atoms with Gasteiger partial charge in [0.05, 0.1) is 23.3 Å². The summed E-state index contributed by atoms with van der Waals surface area (Å²) in [6, 6.07) is 9.46. The van der Waals surface area contributed by atoms with Gasteiger partial charge in [-0.05, 0) is 51.1 Å². The van der Waals surface area contributed by atoms with Crippen molar-refractivity contribution in [2.24, 2.45) is 4.99 Å². The lowest BCUT2D eigenvalue weighted by atomic mass is 10.1. The number of nitrogens with one attached hydrogen (secondary N) is 1. The van der Waals surface area contributed by atoms with Gasteiger partial charge in [0.1, 0.15) is 11.7 Å². The molecule has 0 saturated carbocycles. The van der Waals surface area contributed by atoms with Gasteiger partial charge in [0.25, 0.3) is 5.91 Å². The maximum Gasteiger partial charge on any atom is 0.418 e. The van der Waals surface area contributed by atoms with E-state index in [4.69, 9.17) is 4.74 Å². The largest absolute Gasteiger partial charge is 0.443 e. The van der Waals surface area contributed by atoms with Gasteiger partial charge < -0.3 is 15.0 Å². The normalized spacial score (nSPS) is 11.8. The van der Waals surface area contributed by atoms with Crippen LogP contribution in [0, 0.1) is 11.3 Å². The maximum atomic E-state index is 14.5. The van der Waals surface area contributed by atoms with Crippen molar-refractivity contribution in [2.75, 3.05) is 19.4 Å². The van der Waals surface area contributed by atoms with Crippen LogP contribution >= 0.6 is 0 Å². The minimum atomic E-state index is -1.11. The zero-order valence-electron chi connectivity index (χ0n) is 18.0. The molecule has 162 valence electrons. The van der Waals surface area contributed by atoms with Crippen LogP contribution in [-0.4, -0.2) is 47.5 Å². The van der Waals surface area contributed by atoms with Crippen molar-refractivity contribution in [3.63, 3.8) is 0 Å². The van der Waals surface area contributed by atoms with Gasteiger partial charge in [-0.3, -0.25) is 9.36 Å². The molecule has 1 N–H and O–H groups in total. The number of carbonyl (C=O) groups excluding carboxylic acids is 2. The van der Waals surface area contributed by atoms with Crippen LogP contribution in [0.25, 0.3) is 6.08 Å². The lowest BCUT2D eigenvalue weighted by molar-refractivity contribution is -0.114. The molecule has 2 aromatic rings. The number of nitriles is 1. The van der Waals surface area contributed by atoms with Crippen LogP contribution in [0.4, 0.5) is 20.6 Å². The van der Waals surface area contributed by atoms with E-state index >= 15 is 0 Å². The molecule has 2 rings (SSSR count). The van der Waals surface area contributed by atoms with Crippen molar-refractivity contribution < 1.29 is 18.7 Å². The van der Waals surface area contributed by atoms with Gasteiger partial charge >= 0.3 is 6.09 Å². The first-order valence-corrected chi connectivity index (χ1v) is 9.34. The fourth-order valence-corrected chi connectivity index (χ4v) is 2.37. The first-order valence-electron chi connectivity index (χ1n) is 9.34. The predicted molar refractivity (Wildman–Crippen MR) is 117 cm³/mol. The summed E-state index contributed by atoms with van der Waals surface area (Å²) < 4.78 is 20.8. The van der Waals surface area contributed by atoms with Crippen molar-refractivity contribution in [3.05, 3.63) is 53.6 Å². The molecule has 1 aromatic carbocycles. The number of aliphatic imine (C=N–C) groups is 1. The lowest BCUT2D eigenvalue weighted by Crippen LogP contribution is -2.27. The third-order valence-corrected chi connectivity index (χ3v) is 3.66. The highest BCUT2D eigenvalue weighted by atomic mass is 19.1. The minimum absolute atomic E-state index is 0.146. The highest BCUT2D eigenvalue weighted by molar-refractivity contribution is 6.05. The number of hydrogen-bond donors (Lipinski definition) is 1. The molecule has 0 atom stereocenters. The highest BCUT2D eigenvalue weighted by Gasteiger charge is 2.19. The number of anilines is 1. The molecule has 0 spiro atoms. The molecule has 0 aliphatic heterocycles. The number of amides is 1. The first-order chi connectivity index (χ1) is 14.5. The fourth-order valence-electron chi connectivity index (χ4n) is 2.37. The zero-order valence-corrected chi connectivity index (χ0v) is 18.0. The molecule has 0 aliphatic rings. The molecule has 1 amide bonds. The Hall–Kier alpha value is -3.93. The van der Waals surface area contributed by atoms with E-state index in [0.717, 1.165) is 10.6 Å². The number of nitrogens with zero attached hydrogens (tertiary/aromatic N) is 4. The average Bonchev–Trinajstić information content (AvgIpc) is 3.13. The van der Waals surface area contributed by atoms with E-state index in [1.54, 1.807) is 45.8 Å². The summed E-state index contributed by atoms with van der Waals surface area (Å²) in [5.41, 5.74) is 0.295. The van der Waals surface area contributed by atoms with Crippen LogP contribution in [0.3, 0.4) is 0 Å². The summed E-state index contributed by atoms with van der Waals surface area (Å²) in [6.07, 6.45) is 3.19. The summed E-state index contributed by atoms with van der Waals surface area (Å²) in [4.78, 5) is 30.4. The number of halogens is 1. The molecule has 0 radical (unpaired) electrons. The van der Waals surface area contributed by atoms with Gasteiger partial charge in [0, 0.05) is 32.1 Å². The molecule has 0 fully saturated rings. The molecular weight excluding hydrogens is 401 g/mol. The molecule has 0 bridgehead atoms. The summed E-state index contributed by atoms with van der Waals surface area (Å²) in [6.45, 7) is 5.14. The Morgan fingerprint density at radius 2 is 2.00 bits per heavy atom. The van der Waals surface area contributed by atoms with Gasteiger partial charge in [0.2, 0.25) is 0 Å². The van der Waals surface area contributed by atoms with Crippen molar-refractivity contribution in [3.8, 4) is 6.07 Å². The number of rotatable bonds is 5. The van der Waals surface area contributed by atoms with Gasteiger partial charge in [-0.2, -0.15) is 5.26 Å². The SMILES string of the molecule is CN(C)/C=N/c1ccc(NC(=O)/C(F)=C/c2cccn2C(=O)OC(C)(C)C)cc1C#N. The Labute approximate surface area is 180 Å². The van der Waals surface area contributed by atoms with E-state index in [1.807, 2.05) is 6.07 Å². The molecule has 1 heterocycles. The van der Waals surface area contributed by atoms with E-state index in [9.17, 15) is 19.2 Å². The summed E-state index contributed by atoms with van der Waals surface area (Å²) >= 11 is 0. The van der Waals surface area contributed by atoms with E-state index in [2.05, 4.69) is 10.3 Å². The molecule has 0 saturated heterocycles. The van der Waals surface area contributed by atoms with Crippen molar-refractivity contribution in [1.29, 1.82) is 5.26 Å². The number of hydrogen-bond acceptors (Lipinski definition) is 5. The van der Waals surface area contributed by atoms with Crippen molar-refractivity contribution in [2.45, 2.75) is 26.4 Å². The van der Waals surface area contributed by atoms with Crippen molar-refractivity contribution >= 4 is 35.8 Å². The highest BCUT2D eigenvalue weighted by Crippen LogP contribution is 2.23. The molecular formula is C22H24FN5O3. The quantitative estimate of drug-likeness (QED) is 0.437. The summed E-state index contributed by atoms with van der Waals surface area (Å²) in [5, 5.41) is 11.7. The monoisotopic (exact) mass is 425 g/mol. The fraction of sp³-hybridized carbons (Fsp3) is 0.273. The molecule has 8 nitrogen and oxygen atoms in total. The van der Waals surface area contributed by atoms with Gasteiger partial charge in [-0.15, -0.1) is 0 Å². The Morgan fingerprint density at radius 3 is 2.61 bits per heavy atom. The third-order valence-electron chi connectivity index (χ3n) is 3.66. The molecule has 31 heavy (non-hydrogen) atoms. The smallest absolute Gasteiger partial charge is 0.418 e. The third kappa shape index (κ3) is 6.82. The number of aromatic nitrogens is 1. The van der Waals surface area contributed by atoms with Gasteiger partial charge in [-0.1, -0.05) is 0 Å². The Balaban J connectivity index is 2.19. The van der Waals surface area contributed by atoms with Crippen LogP contribution in [0.5, 0.6) is 0 Å².